The Balaban J connectivity index is 0.00000392. The summed E-state index contributed by atoms with van der Waals surface area (Å²) >= 11 is 1.78. The second-order valence-corrected chi connectivity index (χ2v) is 9.81. The third-order valence-corrected chi connectivity index (χ3v) is 6.86. The van der Waals surface area contributed by atoms with Gasteiger partial charge in [0, 0.05) is 39.1 Å². The number of hydrogen-bond acceptors (Lipinski definition) is 4. The minimum absolute atomic E-state index is 0. The summed E-state index contributed by atoms with van der Waals surface area (Å²) < 4.78 is 25.4. The Bertz CT molecular complexity index is 835. The average Bonchev–Trinajstić information content (AvgIpc) is 3.15. The van der Waals surface area contributed by atoms with E-state index in [9.17, 15) is 8.42 Å². The molecule has 2 N–H and O–H groups in total. The molecular weight excluding hydrogens is 507 g/mol. The second-order valence-electron chi connectivity index (χ2n) is 6.63. The van der Waals surface area contributed by atoms with Gasteiger partial charge < -0.3 is 10.6 Å². The first-order valence-corrected chi connectivity index (χ1v) is 11.1. The molecule has 1 unspecified atom stereocenters. The fourth-order valence-corrected chi connectivity index (χ4v) is 4.28. The van der Waals surface area contributed by atoms with Crippen molar-refractivity contribution in [1.82, 2.24) is 14.9 Å². The van der Waals surface area contributed by atoms with E-state index in [0.717, 1.165) is 24.5 Å². The molecule has 0 saturated carbocycles. The third-order valence-electron chi connectivity index (χ3n) is 4.13. The summed E-state index contributed by atoms with van der Waals surface area (Å²) in [4.78, 5) is 5.93. The quantitative estimate of drug-likeness (QED) is 0.309. The number of guanidine groups is 1. The standard InChI is InChI=1S/C19H28N4O2S2.HI/c1-15(12-17-6-5-11-26-17)13-21-19(20-2)22-14-16-7-9-18(10-8-16)27(24,25)23(3)4;/h5-11,15H,12-14H2,1-4H3,(H2,20,21,22);1H. The van der Waals surface area contributed by atoms with Crippen LogP contribution in [-0.2, 0) is 23.0 Å². The Morgan fingerprint density at radius 1 is 1.18 bits per heavy atom. The van der Waals surface area contributed by atoms with Gasteiger partial charge >= 0.3 is 0 Å². The van der Waals surface area contributed by atoms with Gasteiger partial charge in [0.15, 0.2) is 5.96 Å². The molecule has 0 spiro atoms. The highest BCUT2D eigenvalue weighted by atomic mass is 127. The van der Waals surface area contributed by atoms with Gasteiger partial charge in [-0.25, -0.2) is 12.7 Å². The molecular formula is C19H29IN4O2S2. The Kier molecular flexibility index (Phi) is 10.4. The lowest BCUT2D eigenvalue weighted by Crippen LogP contribution is -2.39. The topological polar surface area (TPSA) is 73.8 Å². The summed E-state index contributed by atoms with van der Waals surface area (Å²) in [6.07, 6.45) is 1.05. The van der Waals surface area contributed by atoms with Gasteiger partial charge in [0.25, 0.3) is 0 Å². The number of nitrogens with zero attached hydrogens (tertiary/aromatic N) is 2. The number of nitrogens with one attached hydrogen (secondary N) is 2. The van der Waals surface area contributed by atoms with Crippen molar-refractivity contribution in [3.8, 4) is 0 Å². The molecule has 0 radical (unpaired) electrons. The van der Waals surface area contributed by atoms with E-state index in [2.05, 4.69) is 40.1 Å². The van der Waals surface area contributed by atoms with Crippen LogP contribution in [0, 0.1) is 5.92 Å². The van der Waals surface area contributed by atoms with E-state index in [-0.39, 0.29) is 24.0 Å². The molecule has 0 aliphatic heterocycles. The molecule has 1 aromatic heterocycles. The lowest BCUT2D eigenvalue weighted by molar-refractivity contribution is 0.520. The van der Waals surface area contributed by atoms with E-state index < -0.39 is 10.0 Å². The van der Waals surface area contributed by atoms with Gasteiger partial charge in [0.05, 0.1) is 4.90 Å². The Hall–Kier alpha value is -1.17. The second kappa shape index (κ2) is 11.7. The van der Waals surface area contributed by atoms with Crippen LogP contribution in [0.15, 0.2) is 51.7 Å². The van der Waals surface area contributed by atoms with Gasteiger partial charge in [-0.15, -0.1) is 35.3 Å². The minimum Gasteiger partial charge on any atom is -0.356 e. The zero-order valence-corrected chi connectivity index (χ0v) is 20.6. The first kappa shape index (κ1) is 24.9. The molecule has 2 rings (SSSR count). The van der Waals surface area contributed by atoms with E-state index in [1.165, 1.54) is 23.3 Å². The van der Waals surface area contributed by atoms with Crippen LogP contribution < -0.4 is 10.6 Å². The van der Waals surface area contributed by atoms with Gasteiger partial charge in [0.1, 0.15) is 0 Å². The maximum atomic E-state index is 12.1. The molecule has 2 aromatic rings. The van der Waals surface area contributed by atoms with E-state index in [1.54, 1.807) is 30.5 Å². The zero-order chi connectivity index (χ0) is 19.9. The van der Waals surface area contributed by atoms with Crippen molar-refractivity contribution in [1.29, 1.82) is 0 Å². The third kappa shape index (κ3) is 7.34. The molecule has 0 bridgehead atoms. The summed E-state index contributed by atoms with van der Waals surface area (Å²) in [5, 5.41) is 8.71. The van der Waals surface area contributed by atoms with E-state index in [4.69, 9.17) is 0 Å². The van der Waals surface area contributed by atoms with E-state index in [1.807, 2.05) is 12.1 Å². The van der Waals surface area contributed by atoms with Crippen LogP contribution in [-0.4, -0.2) is 46.4 Å². The highest BCUT2D eigenvalue weighted by molar-refractivity contribution is 14.0. The first-order valence-electron chi connectivity index (χ1n) is 8.81. The Morgan fingerprint density at radius 3 is 2.39 bits per heavy atom. The maximum Gasteiger partial charge on any atom is 0.242 e. The summed E-state index contributed by atoms with van der Waals surface area (Å²) in [5.41, 5.74) is 0.988. The summed E-state index contributed by atoms with van der Waals surface area (Å²) in [7, 11) is 1.41. The molecule has 0 aliphatic carbocycles. The highest BCUT2D eigenvalue weighted by Crippen LogP contribution is 2.15. The number of aliphatic imine (C=N–C) groups is 1. The molecule has 1 atom stereocenters. The van der Waals surface area contributed by atoms with Crippen LogP contribution in [0.25, 0.3) is 0 Å². The molecule has 1 aromatic carbocycles. The molecule has 9 heteroatoms. The maximum absolute atomic E-state index is 12.1. The van der Waals surface area contributed by atoms with Crippen molar-refractivity contribution in [3.05, 3.63) is 52.2 Å². The number of benzene rings is 1. The normalized spacial score (nSPS) is 13.1. The molecule has 0 aliphatic rings. The zero-order valence-electron chi connectivity index (χ0n) is 16.7. The summed E-state index contributed by atoms with van der Waals surface area (Å²) in [6, 6.07) is 11.1. The smallest absolute Gasteiger partial charge is 0.242 e. The van der Waals surface area contributed by atoms with Crippen LogP contribution in [0.2, 0.25) is 0 Å². The van der Waals surface area contributed by atoms with Crippen LogP contribution in [0.4, 0.5) is 0 Å². The minimum atomic E-state index is -3.39. The number of thiophene rings is 1. The van der Waals surface area contributed by atoms with Gasteiger partial charge in [-0.1, -0.05) is 25.1 Å². The summed E-state index contributed by atoms with van der Waals surface area (Å²) in [6.45, 7) is 3.61. The van der Waals surface area contributed by atoms with Gasteiger partial charge in [-0.3, -0.25) is 4.99 Å². The van der Waals surface area contributed by atoms with Crippen LogP contribution >= 0.6 is 35.3 Å². The Morgan fingerprint density at radius 2 is 1.86 bits per heavy atom. The van der Waals surface area contributed by atoms with E-state index in [0.29, 0.717) is 17.4 Å². The fourth-order valence-electron chi connectivity index (χ4n) is 2.51. The lowest BCUT2D eigenvalue weighted by atomic mass is 10.1. The molecule has 0 amide bonds. The number of hydrogen-bond donors (Lipinski definition) is 2. The van der Waals surface area contributed by atoms with Crippen molar-refractivity contribution in [3.63, 3.8) is 0 Å². The largest absolute Gasteiger partial charge is 0.356 e. The van der Waals surface area contributed by atoms with Crippen molar-refractivity contribution >= 4 is 51.3 Å². The SMILES string of the molecule is CN=C(NCc1ccc(S(=O)(=O)N(C)C)cc1)NCC(C)Cc1cccs1.I. The monoisotopic (exact) mass is 536 g/mol. The van der Waals surface area contributed by atoms with Gasteiger partial charge in [-0.05, 0) is 41.5 Å². The van der Waals surface area contributed by atoms with Crippen molar-refractivity contribution < 1.29 is 8.42 Å². The van der Waals surface area contributed by atoms with Crippen LogP contribution in [0.3, 0.4) is 0 Å². The van der Waals surface area contributed by atoms with Crippen molar-refractivity contribution in [2.45, 2.75) is 24.8 Å². The fraction of sp³-hybridized carbons (Fsp3) is 0.421. The van der Waals surface area contributed by atoms with Gasteiger partial charge in [-0.2, -0.15) is 0 Å². The number of halogens is 1. The van der Waals surface area contributed by atoms with E-state index >= 15 is 0 Å². The van der Waals surface area contributed by atoms with Crippen LogP contribution in [0.1, 0.15) is 17.4 Å². The number of sulfonamides is 1. The predicted octanol–water partition coefficient (Wildman–Crippen LogP) is 3.16. The summed E-state index contributed by atoms with van der Waals surface area (Å²) in [5.74, 6) is 1.23. The predicted molar refractivity (Wildman–Crippen MR) is 128 cm³/mol. The molecule has 6 nitrogen and oxygen atoms in total. The highest BCUT2D eigenvalue weighted by Gasteiger charge is 2.16. The molecule has 1 heterocycles. The molecule has 28 heavy (non-hydrogen) atoms. The molecule has 0 fully saturated rings. The molecule has 0 saturated heterocycles. The van der Waals surface area contributed by atoms with Crippen LogP contribution in [0.5, 0.6) is 0 Å². The average molecular weight is 537 g/mol. The van der Waals surface area contributed by atoms with Crippen molar-refractivity contribution in [2.75, 3.05) is 27.7 Å². The van der Waals surface area contributed by atoms with Crippen molar-refractivity contribution in [2.24, 2.45) is 10.9 Å². The Labute approximate surface area is 189 Å². The van der Waals surface area contributed by atoms with Gasteiger partial charge in [0.2, 0.25) is 10.0 Å². The molecule has 156 valence electrons. The lowest BCUT2D eigenvalue weighted by Gasteiger charge is -2.16. The number of rotatable bonds is 8. The first-order chi connectivity index (χ1) is 12.8.